The predicted octanol–water partition coefficient (Wildman–Crippen LogP) is 2.98. The van der Waals surface area contributed by atoms with Crippen molar-refractivity contribution >= 4 is 21.7 Å². The van der Waals surface area contributed by atoms with E-state index in [1.54, 1.807) is 45.0 Å². The summed E-state index contributed by atoms with van der Waals surface area (Å²) in [5.74, 6) is 0.0350. The van der Waals surface area contributed by atoms with Gasteiger partial charge < -0.3 is 5.32 Å². The van der Waals surface area contributed by atoms with Crippen LogP contribution in [0.1, 0.15) is 35.5 Å². The Morgan fingerprint density at radius 3 is 2.40 bits per heavy atom. The van der Waals surface area contributed by atoms with Crippen LogP contribution in [0.4, 0.5) is 5.82 Å². The van der Waals surface area contributed by atoms with E-state index in [0.717, 1.165) is 5.69 Å². The van der Waals surface area contributed by atoms with Crippen LogP contribution in [0.15, 0.2) is 41.3 Å². The first-order valence-corrected chi connectivity index (χ1v) is 9.59. The lowest BCUT2D eigenvalue weighted by Crippen LogP contribution is -2.31. The average Bonchev–Trinajstić information content (AvgIpc) is 2.55. The van der Waals surface area contributed by atoms with E-state index in [-0.39, 0.29) is 10.5 Å². The largest absolute Gasteiger partial charge is 0.307 e. The number of carbonyl (C=O) groups is 1. The minimum absolute atomic E-state index is 0.154. The molecular weight excluding hydrogens is 338 g/mol. The number of anilines is 1. The summed E-state index contributed by atoms with van der Waals surface area (Å²) in [7, 11) is -3.63. The zero-order valence-electron chi connectivity index (χ0n) is 14.9. The fourth-order valence-electron chi connectivity index (χ4n) is 2.52. The highest BCUT2D eigenvalue weighted by atomic mass is 32.2. The second-order valence-electron chi connectivity index (χ2n) is 5.69. The molecule has 2 rings (SSSR count). The number of hydrogen-bond donors (Lipinski definition) is 1. The van der Waals surface area contributed by atoms with Gasteiger partial charge in [-0.2, -0.15) is 4.31 Å². The lowest BCUT2D eigenvalue weighted by atomic mass is 10.1. The Balaban J connectivity index is 2.37. The van der Waals surface area contributed by atoms with Crippen molar-refractivity contribution < 1.29 is 13.2 Å². The third kappa shape index (κ3) is 4.24. The van der Waals surface area contributed by atoms with Gasteiger partial charge in [0.2, 0.25) is 10.0 Å². The van der Waals surface area contributed by atoms with Crippen molar-refractivity contribution in [2.24, 2.45) is 0 Å². The lowest BCUT2D eigenvalue weighted by molar-refractivity contribution is 0.102. The Morgan fingerprint density at radius 1 is 1.12 bits per heavy atom. The Labute approximate surface area is 148 Å². The molecule has 1 aromatic heterocycles. The number of amides is 1. The molecule has 134 valence electrons. The highest BCUT2D eigenvalue weighted by Gasteiger charge is 2.24. The third-order valence-electron chi connectivity index (χ3n) is 3.90. The van der Waals surface area contributed by atoms with E-state index in [9.17, 15) is 13.2 Å². The van der Waals surface area contributed by atoms with Crippen LogP contribution in [0.2, 0.25) is 0 Å². The standard InChI is InChI=1S/C18H23N3O3S/c1-5-21(6-2)25(23,24)16-12-15(11-10-13(16)3)18(22)20-17-9-7-8-14(4)19-17/h7-12H,5-6H2,1-4H3,(H,19,20,22). The molecule has 1 amide bonds. The molecule has 6 nitrogen and oxygen atoms in total. The molecule has 0 bridgehead atoms. The number of sulfonamides is 1. The second-order valence-corrected chi connectivity index (χ2v) is 7.59. The Morgan fingerprint density at radius 2 is 1.80 bits per heavy atom. The van der Waals surface area contributed by atoms with Crippen LogP contribution in [0.25, 0.3) is 0 Å². The molecule has 0 aliphatic heterocycles. The van der Waals surface area contributed by atoms with Gasteiger partial charge in [-0.3, -0.25) is 4.79 Å². The quantitative estimate of drug-likeness (QED) is 0.858. The van der Waals surface area contributed by atoms with Gasteiger partial charge in [0, 0.05) is 24.3 Å². The summed E-state index contributed by atoms with van der Waals surface area (Å²) in [6.07, 6.45) is 0. The number of benzene rings is 1. The van der Waals surface area contributed by atoms with Crippen molar-refractivity contribution in [3.8, 4) is 0 Å². The van der Waals surface area contributed by atoms with E-state index in [1.165, 1.54) is 10.4 Å². The van der Waals surface area contributed by atoms with Crippen LogP contribution in [0.5, 0.6) is 0 Å². The number of pyridine rings is 1. The molecule has 0 saturated heterocycles. The van der Waals surface area contributed by atoms with Gasteiger partial charge in [-0.15, -0.1) is 0 Å². The molecule has 7 heteroatoms. The van der Waals surface area contributed by atoms with Crippen molar-refractivity contribution in [2.75, 3.05) is 18.4 Å². The molecule has 1 heterocycles. The van der Waals surface area contributed by atoms with Gasteiger partial charge in [0.25, 0.3) is 5.91 Å². The van der Waals surface area contributed by atoms with Crippen LogP contribution >= 0.6 is 0 Å². The minimum atomic E-state index is -3.63. The maximum Gasteiger partial charge on any atom is 0.256 e. The van der Waals surface area contributed by atoms with Crippen molar-refractivity contribution in [1.82, 2.24) is 9.29 Å². The monoisotopic (exact) mass is 361 g/mol. The molecule has 0 unspecified atom stereocenters. The SMILES string of the molecule is CCN(CC)S(=O)(=O)c1cc(C(=O)Nc2cccc(C)n2)ccc1C. The van der Waals surface area contributed by atoms with Crippen molar-refractivity contribution in [1.29, 1.82) is 0 Å². The van der Waals surface area contributed by atoms with Crippen molar-refractivity contribution in [2.45, 2.75) is 32.6 Å². The molecule has 25 heavy (non-hydrogen) atoms. The number of hydrogen-bond acceptors (Lipinski definition) is 4. The molecule has 0 saturated carbocycles. The maximum absolute atomic E-state index is 12.8. The molecule has 0 aliphatic rings. The Kier molecular flexibility index (Phi) is 5.92. The highest BCUT2D eigenvalue weighted by molar-refractivity contribution is 7.89. The number of nitrogens with one attached hydrogen (secondary N) is 1. The number of nitrogens with zero attached hydrogens (tertiary/aromatic N) is 2. The van der Waals surface area contributed by atoms with E-state index in [2.05, 4.69) is 10.3 Å². The van der Waals surface area contributed by atoms with Gasteiger partial charge in [0.05, 0.1) is 4.90 Å². The number of aromatic nitrogens is 1. The van der Waals surface area contributed by atoms with Gasteiger partial charge in [-0.05, 0) is 43.7 Å². The first-order chi connectivity index (χ1) is 11.8. The second kappa shape index (κ2) is 7.76. The van der Waals surface area contributed by atoms with E-state index in [4.69, 9.17) is 0 Å². The van der Waals surface area contributed by atoms with Gasteiger partial charge in [-0.1, -0.05) is 26.0 Å². The topological polar surface area (TPSA) is 79.4 Å². The number of rotatable bonds is 6. The van der Waals surface area contributed by atoms with E-state index in [1.807, 2.05) is 13.0 Å². The normalized spacial score (nSPS) is 11.6. The number of aryl methyl sites for hydroxylation is 2. The van der Waals surface area contributed by atoms with E-state index in [0.29, 0.717) is 24.5 Å². The zero-order valence-corrected chi connectivity index (χ0v) is 15.7. The van der Waals surface area contributed by atoms with Crippen LogP contribution in [-0.4, -0.2) is 36.7 Å². The zero-order chi connectivity index (χ0) is 18.6. The van der Waals surface area contributed by atoms with Crippen LogP contribution in [-0.2, 0) is 10.0 Å². The van der Waals surface area contributed by atoms with Crippen LogP contribution in [0.3, 0.4) is 0 Å². The smallest absolute Gasteiger partial charge is 0.256 e. The highest BCUT2D eigenvalue weighted by Crippen LogP contribution is 2.22. The van der Waals surface area contributed by atoms with Crippen molar-refractivity contribution in [3.63, 3.8) is 0 Å². The molecule has 0 aliphatic carbocycles. The fourth-order valence-corrected chi connectivity index (χ4v) is 4.23. The molecule has 2 aromatic rings. The van der Waals surface area contributed by atoms with E-state index < -0.39 is 15.9 Å². The third-order valence-corrected chi connectivity index (χ3v) is 6.10. The van der Waals surface area contributed by atoms with Crippen LogP contribution in [0, 0.1) is 13.8 Å². The summed E-state index contributed by atoms with van der Waals surface area (Å²) in [6, 6.07) is 10.00. The lowest BCUT2D eigenvalue weighted by Gasteiger charge is -2.20. The summed E-state index contributed by atoms with van der Waals surface area (Å²) in [5.41, 5.74) is 1.67. The molecule has 1 aromatic carbocycles. The Bertz CT molecular complexity index is 875. The van der Waals surface area contributed by atoms with Gasteiger partial charge in [0.15, 0.2) is 0 Å². The molecule has 1 N–H and O–H groups in total. The van der Waals surface area contributed by atoms with Crippen LogP contribution < -0.4 is 5.32 Å². The van der Waals surface area contributed by atoms with Gasteiger partial charge >= 0.3 is 0 Å². The maximum atomic E-state index is 12.8. The average molecular weight is 361 g/mol. The summed E-state index contributed by atoms with van der Waals surface area (Å²) < 4.78 is 26.9. The summed E-state index contributed by atoms with van der Waals surface area (Å²) in [5, 5.41) is 2.70. The molecule has 0 fully saturated rings. The Hall–Kier alpha value is -2.25. The number of carbonyl (C=O) groups excluding carboxylic acids is 1. The van der Waals surface area contributed by atoms with E-state index >= 15 is 0 Å². The first-order valence-electron chi connectivity index (χ1n) is 8.15. The predicted molar refractivity (Wildman–Crippen MR) is 98.2 cm³/mol. The summed E-state index contributed by atoms with van der Waals surface area (Å²) >= 11 is 0. The van der Waals surface area contributed by atoms with Crippen molar-refractivity contribution in [3.05, 3.63) is 53.2 Å². The first kappa shape index (κ1) is 19.1. The summed E-state index contributed by atoms with van der Waals surface area (Å²) in [6.45, 7) is 7.88. The minimum Gasteiger partial charge on any atom is -0.307 e. The molecule has 0 radical (unpaired) electrons. The molecule has 0 atom stereocenters. The fraction of sp³-hybridized carbons (Fsp3) is 0.333. The molecular formula is C18H23N3O3S. The summed E-state index contributed by atoms with van der Waals surface area (Å²) in [4.78, 5) is 16.8. The van der Waals surface area contributed by atoms with Gasteiger partial charge in [0.1, 0.15) is 5.82 Å². The molecule has 0 spiro atoms. The van der Waals surface area contributed by atoms with Gasteiger partial charge in [-0.25, -0.2) is 13.4 Å².